The van der Waals surface area contributed by atoms with Crippen molar-refractivity contribution in [3.8, 4) is 0 Å². The lowest BCUT2D eigenvalue weighted by Crippen LogP contribution is -2.43. The normalized spacial score (nSPS) is 12.3. The first kappa shape index (κ1) is 22.8. The van der Waals surface area contributed by atoms with Crippen LogP contribution in [0, 0.1) is 11.2 Å². The Morgan fingerprint density at radius 2 is 1.92 bits per heavy atom. The van der Waals surface area contributed by atoms with Crippen molar-refractivity contribution in [2.45, 2.75) is 52.3 Å². The number of nitrogens with one attached hydrogen (secondary N) is 2. The minimum Gasteiger partial charge on any atom is -0.396 e. The minimum atomic E-state index is -0.202. The number of rotatable bonds is 11. The molecule has 0 heterocycles. The average molecular weight is 384 g/mol. The summed E-state index contributed by atoms with van der Waals surface area (Å²) in [5.41, 5.74) is 2.12. The predicted octanol–water partition coefficient (Wildman–Crippen LogP) is 3.93. The van der Waals surface area contributed by atoms with Crippen LogP contribution in [0.3, 0.4) is 0 Å². The Balaban J connectivity index is 2.86. The molecule has 0 atom stereocenters. The van der Waals surface area contributed by atoms with Crippen molar-refractivity contribution >= 4 is 17.7 Å². The number of guanidine groups is 1. The van der Waals surface area contributed by atoms with Crippen LogP contribution in [0.2, 0.25) is 0 Å². The van der Waals surface area contributed by atoms with Crippen molar-refractivity contribution in [1.82, 2.24) is 10.6 Å². The molecule has 0 aromatic heterocycles. The summed E-state index contributed by atoms with van der Waals surface area (Å²) in [5, 5.41) is 16.1. The van der Waals surface area contributed by atoms with Gasteiger partial charge in [0.05, 0.1) is 6.54 Å². The molecule has 1 rings (SSSR count). The lowest BCUT2D eigenvalue weighted by molar-refractivity contribution is 0.169. The van der Waals surface area contributed by atoms with Crippen LogP contribution in [0.4, 0.5) is 4.39 Å². The van der Waals surface area contributed by atoms with Crippen LogP contribution in [-0.4, -0.2) is 37.0 Å². The molecule has 0 saturated carbocycles. The highest BCUT2D eigenvalue weighted by Crippen LogP contribution is 2.29. The lowest BCUT2D eigenvalue weighted by atomic mass is 9.79. The number of aliphatic imine (C=N–C) groups is 1. The number of thioether (sulfide) groups is 1. The lowest BCUT2D eigenvalue weighted by Gasteiger charge is -2.32. The fourth-order valence-electron chi connectivity index (χ4n) is 2.99. The molecule has 0 bridgehead atoms. The minimum absolute atomic E-state index is 0.0742. The summed E-state index contributed by atoms with van der Waals surface area (Å²) in [5.74, 6) is 1.33. The first-order valence-corrected chi connectivity index (χ1v) is 10.8. The van der Waals surface area contributed by atoms with Gasteiger partial charge in [-0.2, -0.15) is 11.8 Å². The molecule has 0 aliphatic carbocycles. The summed E-state index contributed by atoms with van der Waals surface area (Å²) in [7, 11) is 0. The Labute approximate surface area is 162 Å². The van der Waals surface area contributed by atoms with E-state index in [1.165, 1.54) is 6.07 Å². The number of hydrogen-bond donors (Lipinski definition) is 3. The molecular weight excluding hydrogens is 349 g/mol. The highest BCUT2D eigenvalue weighted by Gasteiger charge is 2.25. The Morgan fingerprint density at radius 1 is 1.19 bits per heavy atom. The largest absolute Gasteiger partial charge is 0.396 e. The molecule has 0 aliphatic heterocycles. The van der Waals surface area contributed by atoms with E-state index in [4.69, 9.17) is 0 Å². The summed E-state index contributed by atoms with van der Waals surface area (Å²) in [6, 6.07) is 4.92. The topological polar surface area (TPSA) is 56.7 Å². The van der Waals surface area contributed by atoms with E-state index in [9.17, 15) is 9.50 Å². The Hall–Kier alpha value is -1.27. The van der Waals surface area contributed by atoms with Gasteiger partial charge in [0, 0.05) is 25.4 Å². The zero-order chi connectivity index (χ0) is 19.4. The zero-order valence-electron chi connectivity index (χ0n) is 16.6. The molecule has 0 fully saturated rings. The fraction of sp³-hybridized carbons (Fsp3) is 0.650. The number of aliphatic hydroxyl groups excluding tert-OH is 1. The first-order valence-electron chi connectivity index (χ1n) is 9.43. The van der Waals surface area contributed by atoms with Crippen LogP contribution < -0.4 is 10.6 Å². The summed E-state index contributed by atoms with van der Waals surface area (Å²) in [4.78, 5) is 4.69. The van der Waals surface area contributed by atoms with Crippen molar-refractivity contribution < 1.29 is 9.50 Å². The second-order valence-electron chi connectivity index (χ2n) is 6.58. The van der Waals surface area contributed by atoms with Crippen LogP contribution >= 0.6 is 11.8 Å². The van der Waals surface area contributed by atoms with Crippen molar-refractivity contribution in [1.29, 1.82) is 0 Å². The molecule has 0 aliphatic rings. The highest BCUT2D eigenvalue weighted by molar-refractivity contribution is 7.97. The van der Waals surface area contributed by atoms with Gasteiger partial charge in [0.1, 0.15) is 5.82 Å². The molecule has 0 spiro atoms. The second-order valence-corrected chi connectivity index (χ2v) is 7.44. The monoisotopic (exact) mass is 383 g/mol. The molecule has 26 heavy (non-hydrogen) atoms. The van der Waals surface area contributed by atoms with Gasteiger partial charge in [-0.25, -0.2) is 9.38 Å². The standard InChI is InChI=1S/C20H34FN3OS/c1-5-20(6-2,10-11-25)15-24-19(22-7-3)23-13-16-8-9-18(21)12-17(16)14-26-4/h8-9,12,25H,5-7,10-11,13-15H2,1-4H3,(H2,22,23,24). The van der Waals surface area contributed by atoms with Crippen LogP contribution in [0.5, 0.6) is 0 Å². The van der Waals surface area contributed by atoms with Gasteiger partial charge in [-0.1, -0.05) is 19.9 Å². The van der Waals surface area contributed by atoms with E-state index in [0.29, 0.717) is 6.54 Å². The quantitative estimate of drug-likeness (QED) is 0.400. The molecule has 3 N–H and O–H groups in total. The molecule has 148 valence electrons. The summed E-state index contributed by atoms with van der Waals surface area (Å²) in [6.07, 6.45) is 4.81. The number of hydrogen-bond acceptors (Lipinski definition) is 3. The number of benzene rings is 1. The van der Waals surface area contributed by atoms with Crippen molar-refractivity contribution in [3.05, 3.63) is 35.1 Å². The second kappa shape index (κ2) is 12.2. The van der Waals surface area contributed by atoms with Gasteiger partial charge >= 0.3 is 0 Å². The Bertz CT molecular complexity index is 562. The van der Waals surface area contributed by atoms with E-state index in [2.05, 4.69) is 29.5 Å². The van der Waals surface area contributed by atoms with Crippen LogP contribution in [0.1, 0.15) is 51.2 Å². The van der Waals surface area contributed by atoms with E-state index >= 15 is 0 Å². The summed E-state index contributed by atoms with van der Waals surface area (Å²) in [6.45, 7) is 8.62. The molecular formula is C20H34FN3OS. The van der Waals surface area contributed by atoms with E-state index in [1.807, 2.05) is 19.2 Å². The van der Waals surface area contributed by atoms with Crippen LogP contribution in [0.25, 0.3) is 0 Å². The molecule has 0 amide bonds. The van der Waals surface area contributed by atoms with E-state index in [-0.39, 0.29) is 17.8 Å². The van der Waals surface area contributed by atoms with E-state index < -0.39 is 0 Å². The molecule has 0 saturated heterocycles. The van der Waals surface area contributed by atoms with Crippen LogP contribution in [0.15, 0.2) is 23.2 Å². The average Bonchev–Trinajstić information content (AvgIpc) is 2.64. The summed E-state index contributed by atoms with van der Waals surface area (Å²) < 4.78 is 13.5. The smallest absolute Gasteiger partial charge is 0.191 e. The van der Waals surface area contributed by atoms with Crippen LogP contribution in [-0.2, 0) is 12.3 Å². The predicted molar refractivity (Wildman–Crippen MR) is 111 cm³/mol. The number of halogens is 1. The maximum absolute atomic E-state index is 13.5. The van der Waals surface area contributed by atoms with Gasteiger partial charge in [0.2, 0.25) is 0 Å². The number of aliphatic hydroxyl groups is 1. The van der Waals surface area contributed by atoms with Crippen molar-refractivity contribution in [3.63, 3.8) is 0 Å². The van der Waals surface area contributed by atoms with Gasteiger partial charge in [-0.3, -0.25) is 0 Å². The zero-order valence-corrected chi connectivity index (χ0v) is 17.4. The van der Waals surface area contributed by atoms with E-state index in [1.54, 1.807) is 17.8 Å². The van der Waals surface area contributed by atoms with Gasteiger partial charge < -0.3 is 15.7 Å². The molecule has 4 nitrogen and oxygen atoms in total. The third-order valence-electron chi connectivity index (χ3n) is 4.99. The maximum Gasteiger partial charge on any atom is 0.191 e. The molecule has 0 radical (unpaired) electrons. The molecule has 0 unspecified atom stereocenters. The van der Waals surface area contributed by atoms with Gasteiger partial charge in [-0.05, 0) is 61.1 Å². The van der Waals surface area contributed by atoms with Crippen molar-refractivity contribution in [2.75, 3.05) is 26.0 Å². The number of nitrogens with zero attached hydrogens (tertiary/aromatic N) is 1. The fourth-order valence-corrected chi connectivity index (χ4v) is 3.57. The molecule has 6 heteroatoms. The molecule has 1 aromatic carbocycles. The van der Waals surface area contributed by atoms with Gasteiger partial charge in [0.15, 0.2) is 5.96 Å². The van der Waals surface area contributed by atoms with Crippen molar-refractivity contribution in [2.24, 2.45) is 10.4 Å². The third kappa shape index (κ3) is 7.16. The molecule has 1 aromatic rings. The summed E-state index contributed by atoms with van der Waals surface area (Å²) >= 11 is 1.68. The third-order valence-corrected chi connectivity index (χ3v) is 5.59. The Kier molecular flexibility index (Phi) is 10.7. The maximum atomic E-state index is 13.5. The Morgan fingerprint density at radius 3 is 2.50 bits per heavy atom. The highest BCUT2D eigenvalue weighted by atomic mass is 32.2. The van der Waals surface area contributed by atoms with Gasteiger partial charge in [-0.15, -0.1) is 0 Å². The van der Waals surface area contributed by atoms with E-state index in [0.717, 1.165) is 55.2 Å². The van der Waals surface area contributed by atoms with Gasteiger partial charge in [0.25, 0.3) is 0 Å². The SMILES string of the molecule is CCNC(=NCc1ccc(F)cc1CSC)NCC(CC)(CC)CCO. The first-order chi connectivity index (χ1) is 12.5.